The van der Waals surface area contributed by atoms with Crippen LogP contribution in [-0.2, 0) is 16.7 Å². The van der Waals surface area contributed by atoms with Crippen molar-refractivity contribution >= 4 is 10.1 Å². The molecule has 0 radical (unpaired) electrons. The second kappa shape index (κ2) is 9.04. The molecular formula is C14H24NO3S+. The van der Waals surface area contributed by atoms with Crippen molar-refractivity contribution in [2.45, 2.75) is 51.5 Å². The molecule has 1 aromatic heterocycles. The van der Waals surface area contributed by atoms with E-state index in [2.05, 4.69) is 17.0 Å². The first kappa shape index (κ1) is 16.1. The van der Waals surface area contributed by atoms with Crippen LogP contribution in [0.2, 0.25) is 0 Å². The van der Waals surface area contributed by atoms with Crippen LogP contribution in [0, 0.1) is 0 Å². The second-order valence-electron chi connectivity index (χ2n) is 4.87. The van der Waals surface area contributed by atoms with Crippen LogP contribution < -0.4 is 4.57 Å². The van der Waals surface area contributed by atoms with E-state index in [-0.39, 0.29) is 5.75 Å². The number of rotatable bonds is 10. The third-order valence-corrected chi connectivity index (χ3v) is 3.90. The molecule has 0 aliphatic carbocycles. The van der Waals surface area contributed by atoms with Gasteiger partial charge in [-0.15, -0.1) is 0 Å². The van der Waals surface area contributed by atoms with Crippen LogP contribution in [0.15, 0.2) is 30.6 Å². The Morgan fingerprint density at radius 1 is 0.789 bits per heavy atom. The average molecular weight is 286 g/mol. The first-order valence-electron chi connectivity index (χ1n) is 6.97. The molecule has 0 atom stereocenters. The van der Waals surface area contributed by atoms with Crippen molar-refractivity contribution in [3.8, 4) is 0 Å². The lowest BCUT2D eigenvalue weighted by atomic mass is 10.1. The molecule has 5 heteroatoms. The molecule has 1 aromatic rings. The maximum atomic E-state index is 10.5. The van der Waals surface area contributed by atoms with E-state index in [0.29, 0.717) is 6.42 Å². The lowest BCUT2D eigenvalue weighted by molar-refractivity contribution is -0.697. The summed E-state index contributed by atoms with van der Waals surface area (Å²) in [5, 5.41) is 0. The number of pyridine rings is 1. The van der Waals surface area contributed by atoms with Crippen LogP contribution in [0.1, 0.15) is 44.9 Å². The number of aryl methyl sites for hydroxylation is 1. The zero-order valence-corrected chi connectivity index (χ0v) is 12.2. The molecule has 0 saturated heterocycles. The van der Waals surface area contributed by atoms with Gasteiger partial charge in [0, 0.05) is 18.6 Å². The van der Waals surface area contributed by atoms with Crippen LogP contribution in [0.4, 0.5) is 0 Å². The highest BCUT2D eigenvalue weighted by atomic mass is 32.2. The first-order valence-corrected chi connectivity index (χ1v) is 8.58. The minimum Gasteiger partial charge on any atom is -0.286 e. The SMILES string of the molecule is O=S(=O)(O)CCCCCCCCC[n+]1ccccc1. The lowest BCUT2D eigenvalue weighted by Gasteiger charge is -2.00. The molecule has 108 valence electrons. The van der Waals surface area contributed by atoms with Gasteiger partial charge in [0.25, 0.3) is 10.1 Å². The van der Waals surface area contributed by atoms with Gasteiger partial charge >= 0.3 is 0 Å². The summed E-state index contributed by atoms with van der Waals surface area (Å²) in [6, 6.07) is 6.09. The first-order chi connectivity index (χ1) is 9.08. The van der Waals surface area contributed by atoms with Gasteiger partial charge in [-0.2, -0.15) is 8.42 Å². The lowest BCUT2D eigenvalue weighted by Crippen LogP contribution is -2.32. The maximum Gasteiger partial charge on any atom is 0.264 e. The molecule has 0 fully saturated rings. The van der Waals surface area contributed by atoms with Crippen molar-refractivity contribution < 1.29 is 17.5 Å². The van der Waals surface area contributed by atoms with Crippen molar-refractivity contribution in [3.63, 3.8) is 0 Å². The average Bonchev–Trinajstić information content (AvgIpc) is 2.37. The standard InChI is InChI=1S/C14H23NO3S/c16-19(17,18)14-10-5-3-1-2-4-7-11-15-12-8-6-9-13-15/h6,8-9,12-13H,1-5,7,10-11,14H2/p+1. The van der Waals surface area contributed by atoms with Gasteiger partial charge < -0.3 is 0 Å². The molecule has 0 bridgehead atoms. The summed E-state index contributed by atoms with van der Waals surface area (Å²) < 4.78 is 31.7. The van der Waals surface area contributed by atoms with Gasteiger partial charge in [0.2, 0.25) is 0 Å². The molecule has 1 heterocycles. The van der Waals surface area contributed by atoms with Crippen molar-refractivity contribution in [1.82, 2.24) is 0 Å². The number of hydrogen-bond donors (Lipinski definition) is 1. The van der Waals surface area contributed by atoms with E-state index in [1.807, 2.05) is 18.2 Å². The second-order valence-corrected chi connectivity index (χ2v) is 6.45. The van der Waals surface area contributed by atoms with Crippen LogP contribution >= 0.6 is 0 Å². The largest absolute Gasteiger partial charge is 0.286 e. The molecule has 0 unspecified atom stereocenters. The minimum absolute atomic E-state index is 0.0996. The molecule has 1 rings (SSSR count). The minimum atomic E-state index is -3.76. The summed E-state index contributed by atoms with van der Waals surface area (Å²) in [4.78, 5) is 0. The Balaban J connectivity index is 1.89. The van der Waals surface area contributed by atoms with E-state index < -0.39 is 10.1 Å². The van der Waals surface area contributed by atoms with E-state index in [1.54, 1.807) is 0 Å². The highest BCUT2D eigenvalue weighted by Gasteiger charge is 2.03. The normalized spacial score (nSPS) is 11.6. The molecule has 0 aliphatic heterocycles. The Morgan fingerprint density at radius 2 is 1.32 bits per heavy atom. The third kappa shape index (κ3) is 9.62. The summed E-state index contributed by atoms with van der Waals surface area (Å²) >= 11 is 0. The molecule has 0 spiro atoms. The van der Waals surface area contributed by atoms with Gasteiger partial charge in [-0.1, -0.05) is 31.7 Å². The summed E-state index contributed by atoms with van der Waals surface area (Å²) in [5.41, 5.74) is 0. The smallest absolute Gasteiger partial charge is 0.264 e. The molecule has 1 N–H and O–H groups in total. The van der Waals surface area contributed by atoms with E-state index in [4.69, 9.17) is 4.55 Å². The van der Waals surface area contributed by atoms with Gasteiger partial charge in [0.15, 0.2) is 12.4 Å². The predicted molar refractivity (Wildman–Crippen MR) is 75.4 cm³/mol. The Labute approximate surface area is 116 Å². The fourth-order valence-corrected chi connectivity index (χ4v) is 2.62. The van der Waals surface area contributed by atoms with Crippen LogP contribution in [0.25, 0.3) is 0 Å². The number of aromatic nitrogens is 1. The molecule has 19 heavy (non-hydrogen) atoms. The van der Waals surface area contributed by atoms with Crippen molar-refractivity contribution in [2.75, 3.05) is 5.75 Å². The van der Waals surface area contributed by atoms with E-state index in [1.165, 1.54) is 19.3 Å². The summed E-state index contributed by atoms with van der Waals surface area (Å²) in [6.45, 7) is 1.06. The monoisotopic (exact) mass is 286 g/mol. The Hall–Kier alpha value is -0.940. The number of hydrogen-bond acceptors (Lipinski definition) is 2. The highest BCUT2D eigenvalue weighted by Crippen LogP contribution is 2.07. The van der Waals surface area contributed by atoms with Crippen molar-refractivity contribution in [2.24, 2.45) is 0 Å². The summed E-state index contributed by atoms with van der Waals surface area (Å²) in [7, 11) is -3.76. The van der Waals surface area contributed by atoms with E-state index in [9.17, 15) is 8.42 Å². The highest BCUT2D eigenvalue weighted by molar-refractivity contribution is 7.85. The maximum absolute atomic E-state index is 10.5. The summed E-state index contributed by atoms with van der Waals surface area (Å²) in [5.74, 6) is -0.0996. The van der Waals surface area contributed by atoms with Gasteiger partial charge in [-0.3, -0.25) is 4.55 Å². The third-order valence-electron chi connectivity index (χ3n) is 3.10. The van der Waals surface area contributed by atoms with Gasteiger partial charge in [0.1, 0.15) is 6.54 Å². The van der Waals surface area contributed by atoms with Crippen molar-refractivity contribution in [1.29, 1.82) is 0 Å². The Kier molecular flexibility index (Phi) is 7.67. The van der Waals surface area contributed by atoms with Crippen LogP contribution in [0.5, 0.6) is 0 Å². The van der Waals surface area contributed by atoms with Crippen LogP contribution in [-0.4, -0.2) is 18.7 Å². The topological polar surface area (TPSA) is 58.3 Å². The van der Waals surface area contributed by atoms with E-state index in [0.717, 1.165) is 25.8 Å². The Morgan fingerprint density at radius 3 is 1.89 bits per heavy atom. The molecule has 0 aliphatic rings. The predicted octanol–water partition coefficient (Wildman–Crippen LogP) is 2.59. The molecular weight excluding hydrogens is 262 g/mol. The quantitative estimate of drug-likeness (QED) is 0.408. The number of unbranched alkanes of at least 4 members (excludes halogenated alkanes) is 6. The number of nitrogens with zero attached hydrogens (tertiary/aromatic N) is 1. The Bertz CT molecular complexity index is 431. The van der Waals surface area contributed by atoms with Gasteiger partial charge in [0.05, 0.1) is 5.75 Å². The van der Waals surface area contributed by atoms with Gasteiger partial charge in [-0.25, -0.2) is 4.57 Å². The molecule has 0 saturated carbocycles. The molecule has 0 amide bonds. The van der Waals surface area contributed by atoms with Gasteiger partial charge in [-0.05, 0) is 12.8 Å². The molecule has 4 nitrogen and oxygen atoms in total. The fraction of sp³-hybridized carbons (Fsp3) is 0.643. The zero-order valence-electron chi connectivity index (χ0n) is 11.4. The van der Waals surface area contributed by atoms with Crippen molar-refractivity contribution in [3.05, 3.63) is 30.6 Å². The van der Waals surface area contributed by atoms with Crippen LogP contribution in [0.3, 0.4) is 0 Å². The summed E-state index contributed by atoms with van der Waals surface area (Å²) in [6.07, 6.45) is 11.4. The van der Waals surface area contributed by atoms with E-state index >= 15 is 0 Å². The molecule has 0 aromatic carbocycles. The zero-order chi connectivity index (χ0) is 14.0. The fourth-order valence-electron chi connectivity index (χ4n) is 2.05.